The van der Waals surface area contributed by atoms with Gasteiger partial charge in [0.25, 0.3) is 0 Å². The van der Waals surface area contributed by atoms with E-state index in [9.17, 15) is 9.59 Å². The summed E-state index contributed by atoms with van der Waals surface area (Å²) in [5.74, 6) is 1.68. The molecule has 2 aliphatic rings. The first kappa shape index (κ1) is 21.5. The summed E-state index contributed by atoms with van der Waals surface area (Å²) in [6, 6.07) is 8.54. The van der Waals surface area contributed by atoms with Crippen molar-refractivity contribution in [2.45, 2.75) is 51.5 Å². The SMILES string of the molecule is CC(C)c1ccc(-c2noc(CCC(=O)N3CCN(CC(=O)NC4CC4)CC3)n2)cc1. The fraction of sp³-hybridized carbons (Fsp3) is 0.565. The maximum absolute atomic E-state index is 12.6. The fourth-order valence-electron chi connectivity index (χ4n) is 3.72. The van der Waals surface area contributed by atoms with Crippen molar-refractivity contribution in [3.8, 4) is 11.4 Å². The number of rotatable bonds is 8. The predicted octanol–water partition coefficient (Wildman–Crippen LogP) is 2.22. The largest absolute Gasteiger partial charge is 0.352 e. The normalized spacial score (nSPS) is 17.2. The predicted molar refractivity (Wildman–Crippen MR) is 116 cm³/mol. The minimum Gasteiger partial charge on any atom is -0.352 e. The monoisotopic (exact) mass is 425 g/mol. The van der Waals surface area contributed by atoms with E-state index in [4.69, 9.17) is 4.52 Å². The Hall–Kier alpha value is -2.74. The van der Waals surface area contributed by atoms with Gasteiger partial charge in [0.05, 0.1) is 6.54 Å². The molecule has 2 aromatic rings. The first-order valence-corrected chi connectivity index (χ1v) is 11.2. The van der Waals surface area contributed by atoms with Crippen LogP contribution in [0, 0.1) is 0 Å². The molecule has 1 aliphatic carbocycles. The van der Waals surface area contributed by atoms with Crippen molar-refractivity contribution in [1.82, 2.24) is 25.3 Å². The van der Waals surface area contributed by atoms with Gasteiger partial charge in [0.15, 0.2) is 0 Å². The molecule has 0 unspecified atom stereocenters. The van der Waals surface area contributed by atoms with Crippen molar-refractivity contribution in [1.29, 1.82) is 0 Å². The molecule has 4 rings (SSSR count). The highest BCUT2D eigenvalue weighted by atomic mass is 16.5. The van der Waals surface area contributed by atoms with E-state index in [0.29, 0.717) is 56.2 Å². The van der Waals surface area contributed by atoms with E-state index in [1.807, 2.05) is 17.0 Å². The van der Waals surface area contributed by atoms with Crippen LogP contribution in [0.5, 0.6) is 0 Å². The van der Waals surface area contributed by atoms with E-state index >= 15 is 0 Å². The molecule has 1 aromatic heterocycles. The van der Waals surface area contributed by atoms with Crippen LogP contribution in [0.1, 0.15) is 50.5 Å². The molecule has 166 valence electrons. The Bertz CT molecular complexity index is 896. The quantitative estimate of drug-likeness (QED) is 0.697. The average molecular weight is 426 g/mol. The second kappa shape index (κ2) is 9.60. The third-order valence-corrected chi connectivity index (χ3v) is 5.89. The molecule has 8 heteroatoms. The Kier molecular flexibility index (Phi) is 6.65. The Morgan fingerprint density at radius 2 is 1.84 bits per heavy atom. The van der Waals surface area contributed by atoms with Crippen molar-refractivity contribution in [2.24, 2.45) is 0 Å². The third kappa shape index (κ3) is 5.91. The van der Waals surface area contributed by atoms with Crippen LogP contribution in [-0.4, -0.2) is 70.5 Å². The lowest BCUT2D eigenvalue weighted by atomic mass is 10.0. The van der Waals surface area contributed by atoms with Crippen LogP contribution in [0.15, 0.2) is 28.8 Å². The van der Waals surface area contributed by atoms with E-state index in [0.717, 1.165) is 31.5 Å². The molecule has 2 amide bonds. The molecule has 1 saturated carbocycles. The van der Waals surface area contributed by atoms with Gasteiger partial charge in [-0.25, -0.2) is 0 Å². The van der Waals surface area contributed by atoms with Crippen molar-refractivity contribution >= 4 is 11.8 Å². The maximum Gasteiger partial charge on any atom is 0.234 e. The van der Waals surface area contributed by atoms with Crippen LogP contribution in [0.3, 0.4) is 0 Å². The number of piperazine rings is 1. The zero-order chi connectivity index (χ0) is 21.8. The first-order valence-electron chi connectivity index (χ1n) is 11.2. The van der Waals surface area contributed by atoms with Gasteiger partial charge < -0.3 is 14.7 Å². The van der Waals surface area contributed by atoms with Crippen LogP contribution < -0.4 is 5.32 Å². The molecule has 0 bridgehead atoms. The van der Waals surface area contributed by atoms with Crippen LogP contribution in [0.4, 0.5) is 0 Å². The summed E-state index contributed by atoms with van der Waals surface area (Å²) in [4.78, 5) is 32.9. The summed E-state index contributed by atoms with van der Waals surface area (Å²) < 4.78 is 5.35. The van der Waals surface area contributed by atoms with Crippen molar-refractivity contribution < 1.29 is 14.1 Å². The minimum absolute atomic E-state index is 0.0862. The van der Waals surface area contributed by atoms with E-state index in [1.54, 1.807) is 0 Å². The summed E-state index contributed by atoms with van der Waals surface area (Å²) in [7, 11) is 0. The molecule has 0 atom stereocenters. The molecular formula is C23H31N5O3. The molecular weight excluding hydrogens is 394 g/mol. The van der Waals surface area contributed by atoms with Crippen molar-refractivity contribution in [3.05, 3.63) is 35.7 Å². The van der Waals surface area contributed by atoms with Gasteiger partial charge in [-0.15, -0.1) is 0 Å². The van der Waals surface area contributed by atoms with E-state index in [2.05, 4.69) is 46.3 Å². The number of nitrogens with one attached hydrogen (secondary N) is 1. The fourth-order valence-corrected chi connectivity index (χ4v) is 3.72. The van der Waals surface area contributed by atoms with Crippen molar-refractivity contribution in [2.75, 3.05) is 32.7 Å². The van der Waals surface area contributed by atoms with Gasteiger partial charge in [-0.3, -0.25) is 14.5 Å². The summed E-state index contributed by atoms with van der Waals surface area (Å²) in [5, 5.41) is 7.07. The van der Waals surface area contributed by atoms with E-state index in [1.165, 1.54) is 5.56 Å². The molecule has 2 heterocycles. The molecule has 1 aliphatic heterocycles. The average Bonchev–Trinajstić information content (AvgIpc) is 3.45. The summed E-state index contributed by atoms with van der Waals surface area (Å²) in [6.45, 7) is 7.47. The molecule has 0 radical (unpaired) electrons. The Balaban J connectivity index is 1.21. The van der Waals surface area contributed by atoms with E-state index in [-0.39, 0.29) is 11.8 Å². The molecule has 8 nitrogen and oxygen atoms in total. The first-order chi connectivity index (χ1) is 15.0. The summed E-state index contributed by atoms with van der Waals surface area (Å²) >= 11 is 0. The minimum atomic E-state index is 0.0862. The number of hydrogen-bond donors (Lipinski definition) is 1. The highest BCUT2D eigenvalue weighted by Crippen LogP contribution is 2.21. The number of hydrogen-bond acceptors (Lipinski definition) is 6. The van der Waals surface area contributed by atoms with Gasteiger partial charge in [-0.1, -0.05) is 43.3 Å². The zero-order valence-electron chi connectivity index (χ0n) is 18.3. The number of aryl methyl sites for hydroxylation is 1. The number of aromatic nitrogens is 2. The second-order valence-electron chi connectivity index (χ2n) is 8.79. The molecule has 31 heavy (non-hydrogen) atoms. The van der Waals surface area contributed by atoms with Gasteiger partial charge in [-0.05, 0) is 24.3 Å². The highest BCUT2D eigenvalue weighted by Gasteiger charge is 2.26. The van der Waals surface area contributed by atoms with Gasteiger partial charge in [-0.2, -0.15) is 4.98 Å². The van der Waals surface area contributed by atoms with Gasteiger partial charge >= 0.3 is 0 Å². The lowest BCUT2D eigenvalue weighted by Crippen LogP contribution is -2.51. The Morgan fingerprint density at radius 3 is 2.48 bits per heavy atom. The third-order valence-electron chi connectivity index (χ3n) is 5.89. The van der Waals surface area contributed by atoms with Gasteiger partial charge in [0.1, 0.15) is 0 Å². The zero-order valence-corrected chi connectivity index (χ0v) is 18.3. The Labute approximate surface area is 183 Å². The second-order valence-corrected chi connectivity index (χ2v) is 8.79. The van der Waals surface area contributed by atoms with Crippen LogP contribution in [-0.2, 0) is 16.0 Å². The maximum atomic E-state index is 12.6. The van der Waals surface area contributed by atoms with Crippen LogP contribution in [0.25, 0.3) is 11.4 Å². The molecule has 2 fully saturated rings. The van der Waals surface area contributed by atoms with Crippen LogP contribution in [0.2, 0.25) is 0 Å². The van der Waals surface area contributed by atoms with E-state index < -0.39 is 0 Å². The van der Waals surface area contributed by atoms with Crippen molar-refractivity contribution in [3.63, 3.8) is 0 Å². The molecule has 1 saturated heterocycles. The van der Waals surface area contributed by atoms with Gasteiger partial charge in [0, 0.05) is 50.6 Å². The summed E-state index contributed by atoms with van der Waals surface area (Å²) in [5.41, 5.74) is 2.18. The number of nitrogens with zero attached hydrogens (tertiary/aromatic N) is 4. The summed E-state index contributed by atoms with van der Waals surface area (Å²) in [6.07, 6.45) is 2.97. The lowest BCUT2D eigenvalue weighted by Gasteiger charge is -2.34. The topological polar surface area (TPSA) is 91.6 Å². The number of benzene rings is 1. The number of carbonyl (C=O) groups excluding carboxylic acids is 2. The lowest BCUT2D eigenvalue weighted by molar-refractivity contribution is -0.133. The Morgan fingerprint density at radius 1 is 1.13 bits per heavy atom. The highest BCUT2D eigenvalue weighted by molar-refractivity contribution is 5.79. The number of amides is 2. The van der Waals surface area contributed by atoms with Gasteiger partial charge in [0.2, 0.25) is 23.5 Å². The smallest absolute Gasteiger partial charge is 0.234 e. The van der Waals surface area contributed by atoms with Crippen LogP contribution >= 0.6 is 0 Å². The molecule has 1 N–H and O–H groups in total. The molecule has 0 spiro atoms. The molecule has 1 aromatic carbocycles. The standard InChI is InChI=1S/C23H31N5O3/c1-16(2)17-3-5-18(6-4-17)23-25-21(31-26-23)9-10-22(30)28-13-11-27(12-14-28)15-20(29)24-19-7-8-19/h3-6,16,19H,7-15H2,1-2H3,(H,24,29). The number of carbonyl (C=O) groups is 2.